The molecule has 0 aliphatic heterocycles. The Labute approximate surface area is 133 Å². The SMILES string of the molecule is CC(=O)Oc1cc(Cl)ccc1-c1ccc2c(n1)CCCC2=O. The van der Waals surface area contributed by atoms with Gasteiger partial charge in [-0.1, -0.05) is 11.6 Å². The lowest BCUT2D eigenvalue weighted by molar-refractivity contribution is -0.131. The van der Waals surface area contributed by atoms with Crippen molar-refractivity contribution >= 4 is 23.4 Å². The Morgan fingerprint density at radius 2 is 1.95 bits per heavy atom. The molecule has 0 saturated heterocycles. The minimum atomic E-state index is -0.420. The molecule has 1 aliphatic rings. The van der Waals surface area contributed by atoms with Crippen LogP contribution in [0.25, 0.3) is 11.3 Å². The van der Waals surface area contributed by atoms with Crippen molar-refractivity contribution in [2.75, 3.05) is 0 Å². The molecule has 5 heteroatoms. The van der Waals surface area contributed by atoms with E-state index in [1.807, 2.05) is 0 Å². The summed E-state index contributed by atoms with van der Waals surface area (Å²) < 4.78 is 5.22. The van der Waals surface area contributed by atoms with Gasteiger partial charge in [-0.25, -0.2) is 0 Å². The van der Waals surface area contributed by atoms with Gasteiger partial charge in [0.25, 0.3) is 0 Å². The number of nitrogens with zero attached hydrogens (tertiary/aromatic N) is 1. The maximum absolute atomic E-state index is 11.9. The van der Waals surface area contributed by atoms with Crippen LogP contribution in [-0.2, 0) is 11.2 Å². The summed E-state index contributed by atoms with van der Waals surface area (Å²) in [5, 5.41) is 0.480. The molecule has 1 heterocycles. The summed E-state index contributed by atoms with van der Waals surface area (Å²) >= 11 is 5.97. The lowest BCUT2D eigenvalue weighted by Gasteiger charge is -2.15. The number of halogens is 1. The molecule has 3 rings (SSSR count). The fourth-order valence-electron chi connectivity index (χ4n) is 2.59. The first-order chi connectivity index (χ1) is 10.5. The predicted molar refractivity (Wildman–Crippen MR) is 83.3 cm³/mol. The van der Waals surface area contributed by atoms with Gasteiger partial charge in [0.05, 0.1) is 11.4 Å². The van der Waals surface area contributed by atoms with Crippen molar-refractivity contribution in [2.45, 2.75) is 26.2 Å². The largest absolute Gasteiger partial charge is 0.426 e. The second-order valence-corrected chi connectivity index (χ2v) is 5.64. The number of rotatable bonds is 2. The van der Waals surface area contributed by atoms with Gasteiger partial charge in [0.15, 0.2) is 5.78 Å². The van der Waals surface area contributed by atoms with Crippen LogP contribution in [0.4, 0.5) is 0 Å². The molecule has 22 heavy (non-hydrogen) atoms. The normalized spacial score (nSPS) is 13.6. The molecule has 1 aromatic heterocycles. The molecule has 2 aromatic rings. The first-order valence-corrected chi connectivity index (χ1v) is 7.44. The second-order valence-electron chi connectivity index (χ2n) is 5.20. The number of carbonyl (C=O) groups excluding carboxylic acids is 2. The standard InChI is InChI=1S/C17H14ClNO3/c1-10(20)22-17-9-11(18)5-6-13(17)15-8-7-12-14(19-15)3-2-4-16(12)21/h5-9H,2-4H2,1H3. The molecule has 4 nitrogen and oxygen atoms in total. The molecule has 0 amide bonds. The number of esters is 1. The molecule has 0 atom stereocenters. The van der Waals surface area contributed by atoms with Crippen LogP contribution in [0.5, 0.6) is 5.75 Å². The molecule has 0 N–H and O–H groups in total. The van der Waals surface area contributed by atoms with Crippen LogP contribution in [-0.4, -0.2) is 16.7 Å². The van der Waals surface area contributed by atoms with E-state index in [4.69, 9.17) is 16.3 Å². The minimum Gasteiger partial charge on any atom is -0.426 e. The molecular formula is C17H14ClNO3. The van der Waals surface area contributed by atoms with Crippen molar-refractivity contribution in [3.63, 3.8) is 0 Å². The number of hydrogen-bond donors (Lipinski definition) is 0. The minimum absolute atomic E-state index is 0.136. The van der Waals surface area contributed by atoms with Crippen LogP contribution >= 0.6 is 11.6 Å². The number of hydrogen-bond acceptors (Lipinski definition) is 4. The second kappa shape index (κ2) is 5.89. The van der Waals surface area contributed by atoms with Crippen molar-refractivity contribution in [3.05, 3.63) is 46.6 Å². The van der Waals surface area contributed by atoms with Gasteiger partial charge < -0.3 is 4.74 Å². The number of ketones is 1. The molecule has 0 spiro atoms. The summed E-state index contributed by atoms with van der Waals surface area (Å²) in [6, 6.07) is 8.64. The Bertz CT molecular complexity index is 770. The van der Waals surface area contributed by atoms with E-state index in [1.54, 1.807) is 30.3 Å². The third kappa shape index (κ3) is 2.88. The topological polar surface area (TPSA) is 56.3 Å². The van der Waals surface area contributed by atoms with Gasteiger partial charge in [-0.05, 0) is 37.1 Å². The number of Topliss-reactive ketones (excluding diaryl/α,β-unsaturated/α-hetero) is 1. The summed E-state index contributed by atoms with van der Waals surface area (Å²) in [6.07, 6.45) is 2.18. The number of benzene rings is 1. The highest BCUT2D eigenvalue weighted by Crippen LogP contribution is 2.33. The van der Waals surface area contributed by atoms with E-state index in [2.05, 4.69) is 4.98 Å². The Balaban J connectivity index is 2.08. The van der Waals surface area contributed by atoms with E-state index in [0.717, 1.165) is 18.5 Å². The van der Waals surface area contributed by atoms with Gasteiger partial charge in [-0.3, -0.25) is 14.6 Å². The number of aromatic nitrogens is 1. The van der Waals surface area contributed by atoms with Crippen molar-refractivity contribution in [2.24, 2.45) is 0 Å². The van der Waals surface area contributed by atoms with Crippen LogP contribution in [0, 0.1) is 0 Å². The molecule has 0 unspecified atom stereocenters. The van der Waals surface area contributed by atoms with Crippen molar-refractivity contribution in [3.8, 4) is 17.0 Å². The van der Waals surface area contributed by atoms with E-state index in [-0.39, 0.29) is 5.78 Å². The van der Waals surface area contributed by atoms with Gasteiger partial charge in [-0.2, -0.15) is 0 Å². The van der Waals surface area contributed by atoms with Crippen molar-refractivity contribution < 1.29 is 14.3 Å². The van der Waals surface area contributed by atoms with Crippen LogP contribution in [0.2, 0.25) is 5.02 Å². The van der Waals surface area contributed by atoms with Crippen LogP contribution in [0.1, 0.15) is 35.8 Å². The van der Waals surface area contributed by atoms with E-state index < -0.39 is 5.97 Å². The number of ether oxygens (including phenoxy) is 1. The molecule has 0 bridgehead atoms. The van der Waals surface area contributed by atoms with E-state index in [0.29, 0.717) is 34.0 Å². The number of carbonyl (C=O) groups is 2. The Morgan fingerprint density at radius 1 is 1.18 bits per heavy atom. The molecule has 1 aliphatic carbocycles. The summed E-state index contributed by atoms with van der Waals surface area (Å²) in [7, 11) is 0. The fraction of sp³-hybridized carbons (Fsp3) is 0.235. The quantitative estimate of drug-likeness (QED) is 0.624. The highest BCUT2D eigenvalue weighted by molar-refractivity contribution is 6.30. The summed E-state index contributed by atoms with van der Waals surface area (Å²) in [4.78, 5) is 27.7. The maximum atomic E-state index is 11.9. The molecule has 112 valence electrons. The first-order valence-electron chi connectivity index (χ1n) is 7.06. The van der Waals surface area contributed by atoms with Gasteiger partial charge in [-0.15, -0.1) is 0 Å². The number of fused-ring (bicyclic) bond motifs is 1. The molecule has 0 radical (unpaired) electrons. The summed E-state index contributed by atoms with van der Waals surface area (Å²) in [5.41, 5.74) is 2.84. The van der Waals surface area contributed by atoms with Gasteiger partial charge >= 0.3 is 5.97 Å². The van der Waals surface area contributed by atoms with E-state index in [9.17, 15) is 9.59 Å². The van der Waals surface area contributed by atoms with Crippen molar-refractivity contribution in [1.82, 2.24) is 4.98 Å². The average Bonchev–Trinajstić information content (AvgIpc) is 2.46. The lowest BCUT2D eigenvalue weighted by Crippen LogP contribution is -2.13. The van der Waals surface area contributed by atoms with Crippen LogP contribution in [0.15, 0.2) is 30.3 Å². The zero-order valence-electron chi connectivity index (χ0n) is 12.1. The average molecular weight is 316 g/mol. The zero-order valence-corrected chi connectivity index (χ0v) is 12.8. The zero-order chi connectivity index (χ0) is 15.7. The third-order valence-corrected chi connectivity index (χ3v) is 3.80. The first kappa shape index (κ1) is 14.7. The monoisotopic (exact) mass is 315 g/mol. The van der Waals surface area contributed by atoms with Crippen LogP contribution in [0.3, 0.4) is 0 Å². The Hall–Kier alpha value is -2.20. The van der Waals surface area contributed by atoms with E-state index >= 15 is 0 Å². The predicted octanol–water partition coefficient (Wildman–Crippen LogP) is 3.85. The number of aryl methyl sites for hydroxylation is 1. The maximum Gasteiger partial charge on any atom is 0.308 e. The summed E-state index contributed by atoms with van der Waals surface area (Å²) in [6.45, 7) is 1.34. The van der Waals surface area contributed by atoms with Gasteiger partial charge in [0.2, 0.25) is 0 Å². The third-order valence-electron chi connectivity index (χ3n) is 3.57. The number of pyridine rings is 1. The van der Waals surface area contributed by atoms with Gasteiger partial charge in [0.1, 0.15) is 5.75 Å². The van der Waals surface area contributed by atoms with Gasteiger partial charge in [0, 0.05) is 35.6 Å². The lowest BCUT2D eigenvalue weighted by atomic mass is 9.94. The summed E-state index contributed by atoms with van der Waals surface area (Å²) in [5.74, 6) is 0.0860. The molecule has 0 saturated carbocycles. The van der Waals surface area contributed by atoms with Crippen LogP contribution < -0.4 is 4.74 Å². The molecule has 0 fully saturated rings. The molecular weight excluding hydrogens is 302 g/mol. The van der Waals surface area contributed by atoms with Crippen molar-refractivity contribution in [1.29, 1.82) is 0 Å². The Morgan fingerprint density at radius 3 is 2.73 bits per heavy atom. The highest BCUT2D eigenvalue weighted by Gasteiger charge is 2.20. The Kier molecular flexibility index (Phi) is 3.94. The molecule has 1 aromatic carbocycles. The fourth-order valence-corrected chi connectivity index (χ4v) is 2.76. The highest BCUT2D eigenvalue weighted by atomic mass is 35.5. The van der Waals surface area contributed by atoms with E-state index in [1.165, 1.54) is 6.92 Å². The smallest absolute Gasteiger partial charge is 0.308 e.